The maximum Gasteiger partial charge on any atom is 0.0991 e. The highest BCUT2D eigenvalue weighted by molar-refractivity contribution is 9.10. The van der Waals surface area contributed by atoms with Crippen molar-refractivity contribution in [2.75, 3.05) is 0 Å². The van der Waals surface area contributed by atoms with E-state index < -0.39 is 0 Å². The van der Waals surface area contributed by atoms with Crippen molar-refractivity contribution in [3.8, 4) is 5.69 Å². The normalized spacial score (nSPS) is 11.1. The van der Waals surface area contributed by atoms with E-state index in [1.807, 2.05) is 35.0 Å². The highest BCUT2D eigenvalue weighted by atomic mass is 79.9. The van der Waals surface area contributed by atoms with E-state index in [2.05, 4.69) is 51.3 Å². The topological polar surface area (TPSA) is 17.8 Å². The Morgan fingerprint density at radius 1 is 1.00 bits per heavy atom. The van der Waals surface area contributed by atoms with Crippen LogP contribution >= 0.6 is 27.5 Å². The van der Waals surface area contributed by atoms with Crippen molar-refractivity contribution in [2.45, 2.75) is 0 Å². The molecule has 0 fully saturated rings. The molecule has 0 spiro atoms. The van der Waals surface area contributed by atoms with Gasteiger partial charge >= 0.3 is 0 Å². The first-order valence-electron chi connectivity index (χ1n) is 6.43. The van der Waals surface area contributed by atoms with Crippen molar-refractivity contribution in [3.05, 3.63) is 81.8 Å². The summed E-state index contributed by atoms with van der Waals surface area (Å²) in [5.74, 6) is 0. The molecule has 0 atom stereocenters. The van der Waals surface area contributed by atoms with Crippen LogP contribution in [0.2, 0.25) is 5.02 Å². The van der Waals surface area contributed by atoms with Crippen LogP contribution in [0.1, 0.15) is 11.1 Å². The molecule has 0 unspecified atom stereocenters. The summed E-state index contributed by atoms with van der Waals surface area (Å²) in [6.07, 6.45) is 9.52. The van der Waals surface area contributed by atoms with Crippen LogP contribution in [0.25, 0.3) is 17.8 Å². The molecule has 2 aromatic carbocycles. The zero-order valence-electron chi connectivity index (χ0n) is 11.1. The van der Waals surface area contributed by atoms with Gasteiger partial charge < -0.3 is 4.57 Å². The van der Waals surface area contributed by atoms with E-state index in [-0.39, 0.29) is 0 Å². The number of halogens is 2. The van der Waals surface area contributed by atoms with Gasteiger partial charge in [0.2, 0.25) is 0 Å². The molecule has 3 aromatic rings. The lowest BCUT2D eigenvalue weighted by molar-refractivity contribution is 1.06. The minimum absolute atomic E-state index is 0.705. The van der Waals surface area contributed by atoms with Gasteiger partial charge in [-0.25, -0.2) is 4.98 Å². The fraction of sp³-hybridized carbons (Fsp3) is 0. The van der Waals surface area contributed by atoms with Gasteiger partial charge in [0.05, 0.1) is 6.33 Å². The molecule has 1 aromatic heterocycles. The fourth-order valence-corrected chi connectivity index (χ4v) is 2.52. The fourth-order valence-electron chi connectivity index (χ4n) is 2.02. The van der Waals surface area contributed by atoms with E-state index in [1.165, 1.54) is 0 Å². The maximum atomic E-state index is 6.20. The molecule has 0 radical (unpaired) electrons. The van der Waals surface area contributed by atoms with Gasteiger partial charge in [0.25, 0.3) is 0 Å². The van der Waals surface area contributed by atoms with Gasteiger partial charge in [-0.15, -0.1) is 0 Å². The Labute approximate surface area is 136 Å². The van der Waals surface area contributed by atoms with E-state index in [9.17, 15) is 0 Å². The monoisotopic (exact) mass is 358 g/mol. The molecule has 0 saturated heterocycles. The minimum Gasteiger partial charge on any atom is -0.306 e. The Bertz CT molecular complexity index is 762. The molecule has 0 aliphatic carbocycles. The number of rotatable bonds is 3. The second kappa shape index (κ2) is 6.29. The van der Waals surface area contributed by atoms with Gasteiger partial charge in [-0.2, -0.15) is 0 Å². The third-order valence-electron chi connectivity index (χ3n) is 3.05. The summed E-state index contributed by atoms with van der Waals surface area (Å²) in [6, 6.07) is 14.1. The summed E-state index contributed by atoms with van der Waals surface area (Å²) >= 11 is 9.63. The molecular formula is C17H12BrClN2. The number of hydrogen-bond acceptors (Lipinski definition) is 1. The van der Waals surface area contributed by atoms with Crippen molar-refractivity contribution in [1.29, 1.82) is 0 Å². The van der Waals surface area contributed by atoms with Crippen LogP contribution in [-0.2, 0) is 0 Å². The zero-order chi connectivity index (χ0) is 14.7. The van der Waals surface area contributed by atoms with Gasteiger partial charge in [-0.05, 0) is 41.5 Å². The highest BCUT2D eigenvalue weighted by Crippen LogP contribution is 2.20. The van der Waals surface area contributed by atoms with Crippen molar-refractivity contribution in [2.24, 2.45) is 0 Å². The average Bonchev–Trinajstić information content (AvgIpc) is 3.00. The van der Waals surface area contributed by atoms with Crippen LogP contribution < -0.4 is 0 Å². The van der Waals surface area contributed by atoms with E-state index in [0.29, 0.717) is 5.02 Å². The molecule has 0 aliphatic heterocycles. The summed E-state index contributed by atoms with van der Waals surface area (Å²) in [6.45, 7) is 0. The van der Waals surface area contributed by atoms with Crippen LogP contribution in [0, 0.1) is 0 Å². The molecule has 21 heavy (non-hydrogen) atoms. The number of nitrogens with zero attached hydrogens (tertiary/aromatic N) is 2. The van der Waals surface area contributed by atoms with E-state index in [0.717, 1.165) is 21.3 Å². The minimum atomic E-state index is 0.705. The number of benzene rings is 2. The maximum absolute atomic E-state index is 6.20. The predicted octanol–water partition coefficient (Wildman–Crippen LogP) is 5.46. The lowest BCUT2D eigenvalue weighted by Crippen LogP contribution is -1.90. The first kappa shape index (κ1) is 14.1. The predicted molar refractivity (Wildman–Crippen MR) is 91.6 cm³/mol. The highest BCUT2D eigenvalue weighted by Gasteiger charge is 2.00. The summed E-state index contributed by atoms with van der Waals surface area (Å²) in [5, 5.41) is 0.705. The van der Waals surface area contributed by atoms with E-state index >= 15 is 0 Å². The molecule has 3 rings (SSSR count). The smallest absolute Gasteiger partial charge is 0.0991 e. The lowest BCUT2D eigenvalue weighted by atomic mass is 10.1. The van der Waals surface area contributed by atoms with Gasteiger partial charge in [0.1, 0.15) is 0 Å². The molecule has 0 amide bonds. The van der Waals surface area contributed by atoms with E-state index in [1.54, 1.807) is 12.5 Å². The van der Waals surface area contributed by atoms with Gasteiger partial charge in [0, 0.05) is 27.6 Å². The Kier molecular flexibility index (Phi) is 4.23. The van der Waals surface area contributed by atoms with Gasteiger partial charge in [-0.1, -0.05) is 51.8 Å². The van der Waals surface area contributed by atoms with Crippen molar-refractivity contribution < 1.29 is 0 Å². The Morgan fingerprint density at radius 3 is 2.48 bits per heavy atom. The Morgan fingerprint density at radius 2 is 1.76 bits per heavy atom. The average molecular weight is 360 g/mol. The van der Waals surface area contributed by atoms with Gasteiger partial charge in [-0.3, -0.25) is 0 Å². The standard InChI is InChI=1S/C17H12BrClN2/c18-15-5-3-13(4-6-15)1-2-14-9-16(19)11-17(10-14)21-8-7-20-12-21/h1-12H. The van der Waals surface area contributed by atoms with Crippen LogP contribution in [0.5, 0.6) is 0 Å². The largest absolute Gasteiger partial charge is 0.306 e. The van der Waals surface area contributed by atoms with Crippen molar-refractivity contribution in [3.63, 3.8) is 0 Å². The zero-order valence-corrected chi connectivity index (χ0v) is 13.4. The molecular weight excluding hydrogens is 348 g/mol. The molecule has 0 N–H and O–H groups in total. The molecule has 0 bridgehead atoms. The van der Waals surface area contributed by atoms with Crippen LogP contribution in [0.15, 0.2) is 65.7 Å². The van der Waals surface area contributed by atoms with Crippen LogP contribution in [0.4, 0.5) is 0 Å². The molecule has 1 heterocycles. The Hall–Kier alpha value is -1.84. The van der Waals surface area contributed by atoms with E-state index in [4.69, 9.17) is 11.6 Å². The molecule has 0 aliphatic rings. The number of imidazole rings is 1. The third-order valence-corrected chi connectivity index (χ3v) is 3.79. The van der Waals surface area contributed by atoms with Crippen LogP contribution in [0.3, 0.4) is 0 Å². The summed E-state index contributed by atoms with van der Waals surface area (Å²) in [7, 11) is 0. The van der Waals surface area contributed by atoms with Crippen molar-refractivity contribution in [1.82, 2.24) is 9.55 Å². The van der Waals surface area contributed by atoms with Crippen LogP contribution in [-0.4, -0.2) is 9.55 Å². The number of aromatic nitrogens is 2. The second-order valence-corrected chi connectivity index (χ2v) is 5.95. The lowest BCUT2D eigenvalue weighted by Gasteiger charge is -2.05. The quantitative estimate of drug-likeness (QED) is 0.568. The number of hydrogen-bond donors (Lipinski definition) is 0. The van der Waals surface area contributed by atoms with Gasteiger partial charge in [0.15, 0.2) is 0 Å². The second-order valence-electron chi connectivity index (χ2n) is 4.60. The summed E-state index contributed by atoms with van der Waals surface area (Å²) in [4.78, 5) is 4.06. The molecule has 0 saturated carbocycles. The van der Waals surface area contributed by atoms with Crippen molar-refractivity contribution >= 4 is 39.7 Å². The third kappa shape index (κ3) is 3.63. The summed E-state index contributed by atoms with van der Waals surface area (Å²) < 4.78 is 3.01. The molecule has 2 nitrogen and oxygen atoms in total. The molecule has 104 valence electrons. The summed E-state index contributed by atoms with van der Waals surface area (Å²) in [5.41, 5.74) is 3.19. The SMILES string of the molecule is Clc1cc(C=Cc2ccc(Br)cc2)cc(-n2ccnc2)c1. The first-order chi connectivity index (χ1) is 10.2. The Balaban J connectivity index is 1.90. The molecule has 4 heteroatoms. The first-order valence-corrected chi connectivity index (χ1v) is 7.60.